The van der Waals surface area contributed by atoms with E-state index in [0.717, 1.165) is 22.6 Å². The Hall–Kier alpha value is -4.92. The second-order valence-electron chi connectivity index (χ2n) is 9.88. The predicted molar refractivity (Wildman–Crippen MR) is 165 cm³/mol. The van der Waals surface area contributed by atoms with Crippen LogP contribution in [0, 0.1) is 0 Å². The van der Waals surface area contributed by atoms with Gasteiger partial charge in [-0.3, -0.25) is 0 Å². The minimum absolute atomic E-state index is 0.00611. The van der Waals surface area contributed by atoms with Crippen molar-refractivity contribution in [3.8, 4) is 11.1 Å². The van der Waals surface area contributed by atoms with Crippen molar-refractivity contribution in [3.63, 3.8) is 0 Å². The van der Waals surface area contributed by atoms with Gasteiger partial charge in [-0.1, -0.05) is 121 Å². The van der Waals surface area contributed by atoms with Gasteiger partial charge >= 0.3 is 0 Å². The third-order valence-electron chi connectivity index (χ3n) is 7.53. The first-order valence-corrected chi connectivity index (χ1v) is 13.3. The van der Waals surface area contributed by atoms with Crippen LogP contribution < -0.4 is 4.90 Å². The third kappa shape index (κ3) is 4.03. The van der Waals surface area contributed by atoms with E-state index in [1.54, 1.807) is 0 Å². The Morgan fingerprint density at radius 3 is 1.74 bits per heavy atom. The van der Waals surface area contributed by atoms with Crippen LogP contribution in [-0.2, 0) is 6.61 Å². The molecule has 0 aromatic heterocycles. The number of nitrogens with zero attached hydrogens (tertiary/aromatic N) is 1. The van der Waals surface area contributed by atoms with E-state index in [2.05, 4.69) is 138 Å². The fourth-order valence-electron chi connectivity index (χ4n) is 5.78. The monoisotopic (exact) mass is 501 g/mol. The Balaban J connectivity index is 1.62. The summed E-state index contributed by atoms with van der Waals surface area (Å²) in [6.07, 6.45) is 0. The summed E-state index contributed by atoms with van der Waals surface area (Å²) in [6, 6.07) is 51.4. The summed E-state index contributed by atoms with van der Waals surface area (Å²) in [4.78, 5) is 2.35. The summed E-state index contributed by atoms with van der Waals surface area (Å²) >= 11 is 0. The van der Waals surface area contributed by atoms with Crippen molar-refractivity contribution in [1.82, 2.24) is 0 Å². The smallest absolute Gasteiger partial charge is 0.0682 e. The highest BCUT2D eigenvalue weighted by atomic mass is 16.3. The van der Waals surface area contributed by atoms with Crippen LogP contribution >= 0.6 is 0 Å². The standard InChI is InChI=1S/C37H27NO/c39-25-26-11-10-16-30(23-26)38(31-22-21-27-12-4-5-15-29(27)24-31)37-34-19-8-6-17-32(34)36(28-13-2-1-3-14-28)33-18-7-9-20-35(33)37/h1-24,39H,25H2. The molecule has 39 heavy (non-hydrogen) atoms. The van der Waals surface area contributed by atoms with Crippen molar-refractivity contribution in [3.05, 3.63) is 151 Å². The van der Waals surface area contributed by atoms with Crippen LogP contribution in [0.15, 0.2) is 146 Å². The zero-order valence-corrected chi connectivity index (χ0v) is 21.5. The lowest BCUT2D eigenvalue weighted by atomic mass is 9.90. The van der Waals surface area contributed by atoms with Crippen LogP contribution in [0.3, 0.4) is 0 Å². The fourth-order valence-corrected chi connectivity index (χ4v) is 5.78. The Morgan fingerprint density at radius 2 is 1.05 bits per heavy atom. The lowest BCUT2D eigenvalue weighted by Gasteiger charge is -2.30. The van der Waals surface area contributed by atoms with Crippen LogP contribution in [0.1, 0.15) is 5.56 Å². The molecule has 0 unspecified atom stereocenters. The van der Waals surface area contributed by atoms with E-state index in [1.165, 1.54) is 43.4 Å². The molecule has 7 rings (SSSR count). The van der Waals surface area contributed by atoms with Crippen molar-refractivity contribution >= 4 is 49.4 Å². The molecule has 0 fully saturated rings. The minimum Gasteiger partial charge on any atom is -0.392 e. The van der Waals surface area contributed by atoms with E-state index in [0.29, 0.717) is 0 Å². The first-order valence-electron chi connectivity index (χ1n) is 13.3. The minimum atomic E-state index is -0.00611. The average Bonchev–Trinajstić information content (AvgIpc) is 3.01. The number of rotatable bonds is 5. The average molecular weight is 502 g/mol. The number of hydrogen-bond acceptors (Lipinski definition) is 2. The van der Waals surface area contributed by atoms with Gasteiger partial charge in [0.15, 0.2) is 0 Å². The van der Waals surface area contributed by atoms with Crippen molar-refractivity contribution < 1.29 is 5.11 Å². The predicted octanol–water partition coefficient (Wildman–Crippen LogP) is 9.78. The molecule has 0 saturated heterocycles. The molecule has 0 bridgehead atoms. The van der Waals surface area contributed by atoms with Gasteiger partial charge in [-0.05, 0) is 62.5 Å². The second kappa shape index (κ2) is 9.75. The molecule has 1 N–H and O–H groups in total. The summed E-state index contributed by atoms with van der Waals surface area (Å²) in [6.45, 7) is -0.00611. The zero-order chi connectivity index (χ0) is 26.2. The molecular formula is C37H27NO. The maximum atomic E-state index is 10.0. The van der Waals surface area contributed by atoms with Gasteiger partial charge in [0, 0.05) is 22.1 Å². The van der Waals surface area contributed by atoms with Crippen LogP contribution in [-0.4, -0.2) is 5.11 Å². The third-order valence-corrected chi connectivity index (χ3v) is 7.53. The second-order valence-corrected chi connectivity index (χ2v) is 9.88. The molecule has 2 heteroatoms. The number of anilines is 3. The summed E-state index contributed by atoms with van der Waals surface area (Å²) in [5, 5.41) is 17.2. The molecule has 0 saturated carbocycles. The van der Waals surface area contributed by atoms with E-state index >= 15 is 0 Å². The van der Waals surface area contributed by atoms with Gasteiger partial charge in [0.25, 0.3) is 0 Å². The molecule has 7 aromatic rings. The normalized spacial score (nSPS) is 11.3. The molecule has 0 atom stereocenters. The topological polar surface area (TPSA) is 23.5 Å². The lowest BCUT2D eigenvalue weighted by molar-refractivity contribution is 0.282. The van der Waals surface area contributed by atoms with E-state index in [9.17, 15) is 5.11 Å². The molecule has 0 aliphatic heterocycles. The number of aliphatic hydroxyl groups excluding tert-OH is 1. The number of aliphatic hydroxyl groups is 1. The van der Waals surface area contributed by atoms with Crippen molar-refractivity contribution in [1.29, 1.82) is 0 Å². The Bertz CT molecular complexity index is 1900. The van der Waals surface area contributed by atoms with Gasteiger partial charge in [-0.25, -0.2) is 0 Å². The molecule has 186 valence electrons. The van der Waals surface area contributed by atoms with Crippen LogP contribution in [0.5, 0.6) is 0 Å². The quantitative estimate of drug-likeness (QED) is 0.237. The molecule has 7 aromatic carbocycles. The fraction of sp³-hybridized carbons (Fsp3) is 0.0270. The first-order chi connectivity index (χ1) is 19.3. The van der Waals surface area contributed by atoms with Gasteiger partial charge in [0.2, 0.25) is 0 Å². The SMILES string of the molecule is OCc1cccc(N(c2ccc3ccccc3c2)c2c3ccccc3c(-c3ccccc3)c3ccccc23)c1. The largest absolute Gasteiger partial charge is 0.392 e. The molecule has 0 radical (unpaired) electrons. The Morgan fingerprint density at radius 1 is 0.462 bits per heavy atom. The molecule has 0 amide bonds. The van der Waals surface area contributed by atoms with E-state index in [1.807, 2.05) is 12.1 Å². The van der Waals surface area contributed by atoms with Crippen LogP contribution in [0.4, 0.5) is 17.1 Å². The van der Waals surface area contributed by atoms with E-state index in [4.69, 9.17) is 0 Å². The highest BCUT2D eigenvalue weighted by molar-refractivity contribution is 6.22. The highest BCUT2D eigenvalue weighted by Crippen LogP contribution is 2.48. The van der Waals surface area contributed by atoms with Crippen molar-refractivity contribution in [2.45, 2.75) is 6.61 Å². The highest BCUT2D eigenvalue weighted by Gasteiger charge is 2.22. The molecule has 0 heterocycles. The number of fused-ring (bicyclic) bond motifs is 3. The van der Waals surface area contributed by atoms with Crippen molar-refractivity contribution in [2.75, 3.05) is 4.90 Å². The molecule has 2 nitrogen and oxygen atoms in total. The van der Waals surface area contributed by atoms with Gasteiger partial charge in [0.05, 0.1) is 12.3 Å². The Labute approximate surface area is 228 Å². The zero-order valence-electron chi connectivity index (χ0n) is 21.5. The van der Waals surface area contributed by atoms with Gasteiger partial charge in [0.1, 0.15) is 0 Å². The van der Waals surface area contributed by atoms with Gasteiger partial charge in [-0.15, -0.1) is 0 Å². The lowest BCUT2D eigenvalue weighted by Crippen LogP contribution is -2.12. The first kappa shape index (κ1) is 23.2. The maximum Gasteiger partial charge on any atom is 0.0682 e. The van der Waals surface area contributed by atoms with Gasteiger partial charge < -0.3 is 10.0 Å². The maximum absolute atomic E-state index is 10.0. The number of hydrogen-bond donors (Lipinski definition) is 1. The summed E-state index contributed by atoms with van der Waals surface area (Å²) in [7, 11) is 0. The van der Waals surface area contributed by atoms with Crippen LogP contribution in [0.25, 0.3) is 43.4 Å². The van der Waals surface area contributed by atoms with Crippen molar-refractivity contribution in [2.24, 2.45) is 0 Å². The molecular weight excluding hydrogens is 474 g/mol. The summed E-state index contributed by atoms with van der Waals surface area (Å²) in [5.41, 5.74) is 6.55. The van der Waals surface area contributed by atoms with Gasteiger partial charge in [-0.2, -0.15) is 0 Å². The van der Waals surface area contributed by atoms with E-state index in [-0.39, 0.29) is 6.61 Å². The van der Waals surface area contributed by atoms with Crippen LogP contribution in [0.2, 0.25) is 0 Å². The molecule has 0 aliphatic carbocycles. The Kier molecular flexibility index (Phi) is 5.81. The molecule has 0 spiro atoms. The summed E-state index contributed by atoms with van der Waals surface area (Å²) < 4.78 is 0. The van der Waals surface area contributed by atoms with E-state index < -0.39 is 0 Å². The number of benzene rings is 7. The molecule has 0 aliphatic rings. The summed E-state index contributed by atoms with van der Waals surface area (Å²) in [5.74, 6) is 0.